The molecule has 36 heavy (non-hydrogen) atoms. The molecule has 0 aliphatic heterocycles. The minimum Gasteiger partial charge on any atom is -0.370 e. The fourth-order valence-corrected chi connectivity index (χ4v) is 3.44. The van der Waals surface area contributed by atoms with Crippen LogP contribution in [0.25, 0.3) is 0 Å². The first-order valence-corrected chi connectivity index (χ1v) is 12.4. The van der Waals surface area contributed by atoms with Gasteiger partial charge in [-0.1, -0.05) is 63.1 Å². The molecule has 0 aliphatic carbocycles. The SMILES string of the molecule is CCCCN=C(NC(=N)N)N(CCN(C(=NCCCC)NC(=N)N)c1ccccc1)c1ccccc1. The van der Waals surface area contributed by atoms with Crippen LogP contribution in [0.15, 0.2) is 70.6 Å². The summed E-state index contributed by atoms with van der Waals surface area (Å²) in [5.41, 5.74) is 13.3. The lowest BCUT2D eigenvalue weighted by molar-refractivity contribution is 0.792. The van der Waals surface area contributed by atoms with E-state index >= 15 is 0 Å². The summed E-state index contributed by atoms with van der Waals surface area (Å²) in [4.78, 5) is 13.5. The molecule has 0 fully saturated rings. The van der Waals surface area contributed by atoms with Crippen LogP contribution in [0.3, 0.4) is 0 Å². The second kappa shape index (κ2) is 15.8. The van der Waals surface area contributed by atoms with E-state index in [1.165, 1.54) is 0 Å². The summed E-state index contributed by atoms with van der Waals surface area (Å²) in [6.45, 7) is 6.46. The number of nitrogens with two attached hydrogens (primary N) is 2. The fraction of sp³-hybridized carbons (Fsp3) is 0.385. The minimum atomic E-state index is -0.175. The molecule has 0 unspecified atom stereocenters. The largest absolute Gasteiger partial charge is 0.370 e. The number of anilines is 2. The molecule has 10 heteroatoms. The van der Waals surface area contributed by atoms with Gasteiger partial charge in [-0.05, 0) is 37.1 Å². The van der Waals surface area contributed by atoms with E-state index < -0.39 is 0 Å². The number of benzene rings is 2. The number of hydrogen-bond donors (Lipinski definition) is 6. The second-order valence-electron chi connectivity index (χ2n) is 8.17. The maximum Gasteiger partial charge on any atom is 0.205 e. The van der Waals surface area contributed by atoms with Crippen LogP contribution in [0.1, 0.15) is 39.5 Å². The van der Waals surface area contributed by atoms with Gasteiger partial charge in [0.2, 0.25) is 11.9 Å². The van der Waals surface area contributed by atoms with Gasteiger partial charge in [-0.25, -0.2) is 0 Å². The first-order valence-electron chi connectivity index (χ1n) is 12.4. The maximum atomic E-state index is 7.83. The van der Waals surface area contributed by atoms with Crippen LogP contribution in [-0.4, -0.2) is 50.0 Å². The molecule has 0 amide bonds. The van der Waals surface area contributed by atoms with Gasteiger partial charge in [-0.15, -0.1) is 0 Å². The summed E-state index contributed by atoms with van der Waals surface area (Å²) in [7, 11) is 0. The quantitative estimate of drug-likeness (QED) is 0.161. The highest BCUT2D eigenvalue weighted by Gasteiger charge is 2.20. The van der Waals surface area contributed by atoms with Crippen LogP contribution in [-0.2, 0) is 0 Å². The fourth-order valence-electron chi connectivity index (χ4n) is 3.44. The van der Waals surface area contributed by atoms with Crippen molar-refractivity contribution in [1.29, 1.82) is 10.8 Å². The summed E-state index contributed by atoms with van der Waals surface area (Å²) >= 11 is 0. The summed E-state index contributed by atoms with van der Waals surface area (Å²) in [6, 6.07) is 19.7. The van der Waals surface area contributed by atoms with Crippen molar-refractivity contribution in [3.8, 4) is 0 Å². The molecule has 0 aliphatic rings. The van der Waals surface area contributed by atoms with E-state index in [9.17, 15) is 0 Å². The smallest absolute Gasteiger partial charge is 0.205 e. The third-order valence-corrected chi connectivity index (χ3v) is 5.23. The maximum absolute atomic E-state index is 7.83. The number of para-hydroxylation sites is 2. The van der Waals surface area contributed by atoms with Crippen molar-refractivity contribution in [3.63, 3.8) is 0 Å². The number of guanidine groups is 4. The number of nitrogens with one attached hydrogen (secondary N) is 4. The Kier molecular flexibility index (Phi) is 12.3. The standard InChI is InChI=1S/C26H40N10/c1-3-5-17-31-25(33-23(27)28)35(21-13-9-7-10-14-21)19-20-36(22-15-11-8-12-16-22)26(34-24(29)30)32-18-6-4-2/h7-16H,3-6,17-20H2,1-2H3,(H4,27,28,31,33)(H4,29,30,32,34). The molecule has 0 saturated carbocycles. The lowest BCUT2D eigenvalue weighted by atomic mass is 10.2. The highest BCUT2D eigenvalue weighted by atomic mass is 15.4. The van der Waals surface area contributed by atoms with E-state index in [1.54, 1.807) is 0 Å². The van der Waals surface area contributed by atoms with Gasteiger partial charge >= 0.3 is 0 Å². The Labute approximate surface area is 214 Å². The average Bonchev–Trinajstić information content (AvgIpc) is 2.86. The van der Waals surface area contributed by atoms with E-state index in [-0.39, 0.29) is 11.9 Å². The molecule has 8 N–H and O–H groups in total. The Balaban J connectivity index is 2.45. The minimum absolute atomic E-state index is 0.175. The molecule has 0 atom stereocenters. The van der Waals surface area contributed by atoms with Crippen LogP contribution < -0.4 is 31.9 Å². The Hall–Kier alpha value is -4.08. The third-order valence-electron chi connectivity index (χ3n) is 5.23. The number of hydrogen-bond acceptors (Lipinski definition) is 4. The zero-order chi connectivity index (χ0) is 26.2. The zero-order valence-corrected chi connectivity index (χ0v) is 21.4. The van der Waals surface area contributed by atoms with E-state index in [4.69, 9.17) is 32.3 Å². The lowest BCUT2D eigenvalue weighted by Crippen LogP contribution is -2.52. The molecule has 10 nitrogen and oxygen atoms in total. The second-order valence-corrected chi connectivity index (χ2v) is 8.17. The van der Waals surface area contributed by atoms with Crippen molar-refractivity contribution in [1.82, 2.24) is 10.6 Å². The zero-order valence-electron chi connectivity index (χ0n) is 21.4. The van der Waals surface area contributed by atoms with Crippen molar-refractivity contribution < 1.29 is 0 Å². The first-order chi connectivity index (χ1) is 17.5. The van der Waals surface area contributed by atoms with Crippen LogP contribution in [0.2, 0.25) is 0 Å². The number of nitrogens with zero attached hydrogens (tertiary/aromatic N) is 4. The highest BCUT2D eigenvalue weighted by molar-refractivity contribution is 6.07. The predicted molar refractivity (Wildman–Crippen MR) is 152 cm³/mol. The summed E-state index contributed by atoms with van der Waals surface area (Å²) < 4.78 is 0. The summed E-state index contributed by atoms with van der Waals surface area (Å²) in [5.74, 6) is 0.677. The molecular formula is C26H40N10. The van der Waals surface area contributed by atoms with Gasteiger partial charge < -0.3 is 21.3 Å². The van der Waals surface area contributed by atoms with Gasteiger partial charge in [-0.2, -0.15) is 0 Å². The van der Waals surface area contributed by atoms with Crippen LogP contribution in [0.4, 0.5) is 11.4 Å². The Morgan fingerprint density at radius 1 is 0.694 bits per heavy atom. The van der Waals surface area contributed by atoms with Crippen molar-refractivity contribution >= 4 is 35.2 Å². The highest BCUT2D eigenvalue weighted by Crippen LogP contribution is 2.17. The average molecular weight is 493 g/mol. The summed E-state index contributed by atoms with van der Waals surface area (Å²) in [5, 5.41) is 21.5. The van der Waals surface area contributed by atoms with Crippen LogP contribution in [0.5, 0.6) is 0 Å². The third kappa shape index (κ3) is 9.65. The Morgan fingerprint density at radius 3 is 1.36 bits per heavy atom. The normalized spacial score (nSPS) is 11.6. The van der Waals surface area contributed by atoms with Crippen LogP contribution >= 0.6 is 0 Å². The topological polar surface area (TPSA) is 155 Å². The number of unbranched alkanes of at least 4 members (excludes halogenated alkanes) is 2. The Bertz CT molecular complexity index is 907. The van der Waals surface area contributed by atoms with E-state index in [2.05, 4.69) is 24.5 Å². The monoisotopic (exact) mass is 492 g/mol. The van der Waals surface area contributed by atoms with Crippen LogP contribution in [0, 0.1) is 10.8 Å². The van der Waals surface area contributed by atoms with Gasteiger partial charge in [0, 0.05) is 37.6 Å². The Morgan fingerprint density at radius 2 is 1.06 bits per heavy atom. The van der Waals surface area contributed by atoms with Gasteiger partial charge in [0.15, 0.2) is 11.9 Å². The molecule has 2 rings (SSSR count). The molecule has 0 heterocycles. The van der Waals surface area contributed by atoms with E-state index in [0.29, 0.717) is 38.1 Å². The van der Waals surface area contributed by atoms with Crippen molar-refractivity contribution in [2.45, 2.75) is 39.5 Å². The molecule has 0 spiro atoms. The number of rotatable bonds is 11. The predicted octanol–water partition coefficient (Wildman–Crippen LogP) is 3.28. The molecular weight excluding hydrogens is 452 g/mol. The molecule has 194 valence electrons. The van der Waals surface area contributed by atoms with Gasteiger partial charge in [-0.3, -0.25) is 31.4 Å². The first kappa shape index (κ1) is 28.2. The lowest BCUT2D eigenvalue weighted by Gasteiger charge is -2.32. The molecule has 0 bridgehead atoms. The molecule has 0 saturated heterocycles. The van der Waals surface area contributed by atoms with E-state index in [0.717, 1.165) is 37.1 Å². The van der Waals surface area contributed by atoms with Gasteiger partial charge in [0.25, 0.3) is 0 Å². The van der Waals surface area contributed by atoms with E-state index in [1.807, 2.05) is 70.5 Å². The van der Waals surface area contributed by atoms with Crippen molar-refractivity contribution in [2.24, 2.45) is 21.5 Å². The molecule has 0 radical (unpaired) electrons. The van der Waals surface area contributed by atoms with Gasteiger partial charge in [0.1, 0.15) is 0 Å². The molecule has 0 aromatic heterocycles. The van der Waals surface area contributed by atoms with Crippen molar-refractivity contribution in [2.75, 3.05) is 36.0 Å². The van der Waals surface area contributed by atoms with Crippen molar-refractivity contribution in [3.05, 3.63) is 60.7 Å². The molecule has 2 aromatic rings. The molecule has 2 aromatic carbocycles. The van der Waals surface area contributed by atoms with Gasteiger partial charge in [0.05, 0.1) is 0 Å². The number of aliphatic imine (C=N–C) groups is 2. The summed E-state index contributed by atoms with van der Waals surface area (Å²) in [6.07, 6.45) is 3.88.